The molecule has 0 radical (unpaired) electrons. The van der Waals surface area contributed by atoms with Crippen molar-refractivity contribution in [3.63, 3.8) is 0 Å². The Balaban J connectivity index is 1.57. The van der Waals surface area contributed by atoms with Gasteiger partial charge in [0, 0.05) is 0 Å². The second-order valence-electron chi connectivity index (χ2n) is 7.34. The molecule has 1 heteroatoms. The molecule has 1 N–H and O–H groups in total. The molecule has 0 spiro atoms. The Morgan fingerprint density at radius 2 is 1.50 bits per heavy atom. The van der Waals surface area contributed by atoms with E-state index in [4.69, 9.17) is 0 Å². The van der Waals surface area contributed by atoms with Crippen molar-refractivity contribution in [3.8, 4) is 11.1 Å². The SMILES string of the molecule is OCc1ccc(C2=Cc3ccc4c(c3CC2)CCc2ccccc2-4)cc1. The van der Waals surface area contributed by atoms with Gasteiger partial charge in [0.15, 0.2) is 0 Å². The number of hydrogen-bond donors (Lipinski definition) is 1. The molecule has 0 saturated heterocycles. The third kappa shape index (κ3) is 2.51. The third-order valence-corrected chi connectivity index (χ3v) is 5.90. The van der Waals surface area contributed by atoms with Crippen LogP contribution in [0.15, 0.2) is 60.7 Å². The first-order chi connectivity index (χ1) is 12.8. The molecule has 2 aliphatic rings. The zero-order chi connectivity index (χ0) is 17.5. The second kappa shape index (κ2) is 6.26. The zero-order valence-corrected chi connectivity index (χ0v) is 14.8. The predicted molar refractivity (Wildman–Crippen MR) is 108 cm³/mol. The van der Waals surface area contributed by atoms with Crippen LogP contribution in [0.4, 0.5) is 0 Å². The summed E-state index contributed by atoms with van der Waals surface area (Å²) in [6.45, 7) is 0.107. The van der Waals surface area contributed by atoms with Crippen molar-refractivity contribution in [2.45, 2.75) is 32.3 Å². The Morgan fingerprint density at radius 3 is 2.35 bits per heavy atom. The summed E-state index contributed by atoms with van der Waals surface area (Å²) in [6, 6.07) is 21.8. The van der Waals surface area contributed by atoms with Gasteiger partial charge in [-0.25, -0.2) is 0 Å². The number of aryl methyl sites for hydroxylation is 1. The number of hydrogen-bond acceptors (Lipinski definition) is 1. The minimum Gasteiger partial charge on any atom is -0.392 e. The van der Waals surface area contributed by atoms with Crippen LogP contribution >= 0.6 is 0 Å². The van der Waals surface area contributed by atoms with Gasteiger partial charge in [-0.05, 0) is 75.8 Å². The molecular formula is C25H22O. The van der Waals surface area contributed by atoms with E-state index in [0.717, 1.165) is 31.2 Å². The molecule has 26 heavy (non-hydrogen) atoms. The van der Waals surface area contributed by atoms with E-state index < -0.39 is 0 Å². The van der Waals surface area contributed by atoms with E-state index in [-0.39, 0.29) is 6.61 Å². The number of fused-ring (bicyclic) bond motifs is 5. The Hall–Kier alpha value is -2.64. The van der Waals surface area contributed by atoms with Crippen molar-refractivity contribution in [3.05, 3.63) is 94.0 Å². The summed E-state index contributed by atoms with van der Waals surface area (Å²) in [6.07, 6.45) is 6.88. The summed E-state index contributed by atoms with van der Waals surface area (Å²) in [5.41, 5.74) is 12.5. The average molecular weight is 338 g/mol. The number of aliphatic hydroxyl groups excluding tert-OH is 1. The molecule has 0 amide bonds. The minimum absolute atomic E-state index is 0.107. The van der Waals surface area contributed by atoms with Crippen LogP contribution in [-0.4, -0.2) is 5.11 Å². The summed E-state index contributed by atoms with van der Waals surface area (Å²) in [5.74, 6) is 0. The lowest BCUT2D eigenvalue weighted by molar-refractivity contribution is 0.282. The summed E-state index contributed by atoms with van der Waals surface area (Å²) < 4.78 is 0. The van der Waals surface area contributed by atoms with Gasteiger partial charge in [-0.1, -0.05) is 66.7 Å². The maximum Gasteiger partial charge on any atom is 0.0681 e. The van der Waals surface area contributed by atoms with Crippen LogP contribution in [0.5, 0.6) is 0 Å². The molecule has 0 heterocycles. The van der Waals surface area contributed by atoms with Crippen molar-refractivity contribution < 1.29 is 5.11 Å². The van der Waals surface area contributed by atoms with E-state index in [1.165, 1.54) is 33.4 Å². The van der Waals surface area contributed by atoms with E-state index in [0.29, 0.717) is 0 Å². The minimum atomic E-state index is 0.107. The Morgan fingerprint density at radius 1 is 0.692 bits per heavy atom. The van der Waals surface area contributed by atoms with Crippen molar-refractivity contribution >= 4 is 11.6 Å². The maximum absolute atomic E-state index is 9.24. The smallest absolute Gasteiger partial charge is 0.0681 e. The zero-order valence-electron chi connectivity index (χ0n) is 14.8. The first kappa shape index (κ1) is 15.6. The molecule has 1 nitrogen and oxygen atoms in total. The van der Waals surface area contributed by atoms with Gasteiger partial charge in [-0.15, -0.1) is 0 Å². The lowest BCUT2D eigenvalue weighted by Gasteiger charge is -2.26. The first-order valence-electron chi connectivity index (χ1n) is 9.47. The average Bonchev–Trinajstić information content (AvgIpc) is 2.73. The van der Waals surface area contributed by atoms with Gasteiger partial charge in [0.05, 0.1) is 6.61 Å². The Labute approximate surface area is 154 Å². The Bertz CT molecular complexity index is 1010. The summed E-state index contributed by atoms with van der Waals surface area (Å²) >= 11 is 0. The molecule has 0 atom stereocenters. The highest BCUT2D eigenvalue weighted by molar-refractivity contribution is 5.87. The maximum atomic E-state index is 9.24. The van der Waals surface area contributed by atoms with Crippen molar-refractivity contribution in [2.75, 3.05) is 0 Å². The Kier molecular flexibility index (Phi) is 3.76. The fraction of sp³-hybridized carbons (Fsp3) is 0.200. The van der Waals surface area contributed by atoms with Crippen molar-refractivity contribution in [2.24, 2.45) is 0 Å². The van der Waals surface area contributed by atoms with Crippen LogP contribution in [0.25, 0.3) is 22.8 Å². The highest BCUT2D eigenvalue weighted by Crippen LogP contribution is 2.40. The number of aliphatic hydroxyl groups is 1. The molecule has 3 aromatic carbocycles. The molecule has 0 aromatic heterocycles. The molecule has 0 aliphatic heterocycles. The first-order valence-corrected chi connectivity index (χ1v) is 9.47. The second-order valence-corrected chi connectivity index (χ2v) is 7.34. The van der Waals surface area contributed by atoms with Gasteiger partial charge < -0.3 is 5.11 Å². The third-order valence-electron chi connectivity index (χ3n) is 5.90. The van der Waals surface area contributed by atoms with Crippen LogP contribution in [0, 0.1) is 0 Å². The highest BCUT2D eigenvalue weighted by atomic mass is 16.3. The number of rotatable bonds is 2. The molecular weight excluding hydrogens is 316 g/mol. The predicted octanol–water partition coefficient (Wildman–Crippen LogP) is 5.43. The molecule has 0 saturated carbocycles. The lowest BCUT2D eigenvalue weighted by atomic mass is 9.78. The molecule has 128 valence electrons. The molecule has 3 aromatic rings. The molecule has 0 unspecified atom stereocenters. The van der Waals surface area contributed by atoms with Crippen LogP contribution in [0.3, 0.4) is 0 Å². The van der Waals surface area contributed by atoms with Gasteiger partial charge in [-0.3, -0.25) is 0 Å². The van der Waals surface area contributed by atoms with Crippen molar-refractivity contribution in [1.82, 2.24) is 0 Å². The van der Waals surface area contributed by atoms with Gasteiger partial charge in [0.25, 0.3) is 0 Å². The standard InChI is InChI=1S/C25H22O/c26-16-17-5-7-18(8-6-17)20-10-12-23-21(15-20)11-14-24-22-4-2-1-3-19(22)9-13-25(23)24/h1-8,11,14-15,26H,9-10,12-13,16H2. The fourth-order valence-corrected chi connectivity index (χ4v) is 4.51. The van der Waals surface area contributed by atoms with Crippen LogP contribution in [0.1, 0.15) is 39.8 Å². The van der Waals surface area contributed by atoms with Gasteiger partial charge in [-0.2, -0.15) is 0 Å². The monoisotopic (exact) mass is 338 g/mol. The molecule has 0 bridgehead atoms. The van der Waals surface area contributed by atoms with Gasteiger partial charge in [0.2, 0.25) is 0 Å². The number of benzene rings is 3. The van der Waals surface area contributed by atoms with Crippen molar-refractivity contribution in [1.29, 1.82) is 0 Å². The molecule has 2 aliphatic carbocycles. The van der Waals surface area contributed by atoms with E-state index in [2.05, 4.69) is 54.6 Å². The molecule has 0 fully saturated rings. The quantitative estimate of drug-likeness (QED) is 0.660. The molecule has 5 rings (SSSR count). The van der Waals surface area contributed by atoms with Gasteiger partial charge >= 0.3 is 0 Å². The van der Waals surface area contributed by atoms with Crippen LogP contribution in [0.2, 0.25) is 0 Å². The fourth-order valence-electron chi connectivity index (χ4n) is 4.51. The lowest BCUT2D eigenvalue weighted by Crippen LogP contribution is -2.10. The summed E-state index contributed by atoms with van der Waals surface area (Å²) in [4.78, 5) is 0. The topological polar surface area (TPSA) is 20.2 Å². The summed E-state index contributed by atoms with van der Waals surface area (Å²) in [5, 5.41) is 9.24. The number of allylic oxidation sites excluding steroid dienone is 1. The van der Waals surface area contributed by atoms with Gasteiger partial charge in [0.1, 0.15) is 0 Å². The summed E-state index contributed by atoms with van der Waals surface area (Å²) in [7, 11) is 0. The van der Waals surface area contributed by atoms with E-state index in [1.54, 1.807) is 11.1 Å². The van der Waals surface area contributed by atoms with E-state index >= 15 is 0 Å². The van der Waals surface area contributed by atoms with Crippen LogP contribution < -0.4 is 0 Å². The largest absolute Gasteiger partial charge is 0.392 e. The van der Waals surface area contributed by atoms with E-state index in [1.807, 2.05) is 12.1 Å². The normalized spacial score (nSPS) is 14.9. The van der Waals surface area contributed by atoms with Crippen LogP contribution in [-0.2, 0) is 25.9 Å². The van der Waals surface area contributed by atoms with E-state index in [9.17, 15) is 5.11 Å². The highest BCUT2D eigenvalue weighted by Gasteiger charge is 2.22.